The van der Waals surface area contributed by atoms with Crippen molar-refractivity contribution in [2.75, 3.05) is 20.8 Å². The van der Waals surface area contributed by atoms with Crippen LogP contribution < -0.4 is 19.9 Å². The number of hydrogen-bond acceptors (Lipinski definition) is 5. The van der Waals surface area contributed by atoms with Crippen LogP contribution in [0.1, 0.15) is 18.4 Å². The fourth-order valence-corrected chi connectivity index (χ4v) is 1.52. The number of nitrogens with zero attached hydrogens (tertiary/aromatic N) is 1. The highest BCUT2D eigenvalue weighted by Gasteiger charge is 2.13. The first-order valence-corrected chi connectivity index (χ1v) is 5.71. The van der Waals surface area contributed by atoms with E-state index in [-0.39, 0.29) is 0 Å². The van der Waals surface area contributed by atoms with Gasteiger partial charge in [-0.05, 0) is 24.1 Å². The summed E-state index contributed by atoms with van der Waals surface area (Å²) >= 11 is 0. The molecule has 0 aliphatic carbocycles. The molecule has 0 unspecified atom stereocenters. The number of ether oxygens (including phenoxy) is 3. The van der Waals surface area contributed by atoms with Crippen LogP contribution in [0.2, 0.25) is 0 Å². The lowest BCUT2D eigenvalue weighted by atomic mass is 10.2. The van der Waals surface area contributed by atoms with Crippen molar-refractivity contribution in [2.45, 2.75) is 19.4 Å². The van der Waals surface area contributed by atoms with Gasteiger partial charge in [-0.15, -0.1) is 0 Å². The maximum absolute atomic E-state index is 8.46. The van der Waals surface area contributed by atoms with Crippen LogP contribution in [0.15, 0.2) is 12.1 Å². The summed E-state index contributed by atoms with van der Waals surface area (Å²) in [5.41, 5.74) is 6.51. The van der Waals surface area contributed by atoms with Crippen molar-refractivity contribution >= 4 is 0 Å². The van der Waals surface area contributed by atoms with Gasteiger partial charge in [0.25, 0.3) is 0 Å². The van der Waals surface area contributed by atoms with Crippen LogP contribution in [-0.4, -0.2) is 20.8 Å². The Morgan fingerprint density at radius 2 is 1.83 bits per heavy atom. The predicted molar refractivity (Wildman–Crippen MR) is 67.8 cm³/mol. The molecule has 18 heavy (non-hydrogen) atoms. The highest BCUT2D eigenvalue weighted by atomic mass is 16.5. The minimum atomic E-state index is 0.404. The summed E-state index contributed by atoms with van der Waals surface area (Å²) in [5.74, 6) is 1.73. The highest BCUT2D eigenvalue weighted by Crippen LogP contribution is 2.38. The maximum Gasteiger partial charge on any atom is 0.203 e. The normalized spacial score (nSPS) is 9.67. The van der Waals surface area contributed by atoms with Gasteiger partial charge in [-0.2, -0.15) is 5.26 Å². The Morgan fingerprint density at radius 1 is 1.22 bits per heavy atom. The lowest BCUT2D eigenvalue weighted by Gasteiger charge is -2.15. The molecule has 0 saturated carbocycles. The van der Waals surface area contributed by atoms with Gasteiger partial charge < -0.3 is 19.9 Å². The predicted octanol–water partition coefficient (Wildman–Crippen LogP) is 1.85. The summed E-state index contributed by atoms with van der Waals surface area (Å²) < 4.78 is 16.1. The minimum absolute atomic E-state index is 0.404. The van der Waals surface area contributed by atoms with Crippen molar-refractivity contribution in [2.24, 2.45) is 5.73 Å². The molecule has 0 amide bonds. The quantitative estimate of drug-likeness (QED) is 0.747. The molecule has 0 fully saturated rings. The Kier molecular flexibility index (Phi) is 5.81. The highest BCUT2D eigenvalue weighted by molar-refractivity contribution is 5.53. The van der Waals surface area contributed by atoms with Gasteiger partial charge in [-0.1, -0.05) is 0 Å². The van der Waals surface area contributed by atoms with Crippen molar-refractivity contribution in [3.05, 3.63) is 17.7 Å². The van der Waals surface area contributed by atoms with Crippen LogP contribution in [0.25, 0.3) is 0 Å². The third-order valence-electron chi connectivity index (χ3n) is 2.44. The van der Waals surface area contributed by atoms with E-state index >= 15 is 0 Å². The molecule has 0 bridgehead atoms. The molecular formula is C13H18N2O3. The Labute approximate surface area is 107 Å². The Balaban J connectivity index is 2.89. The molecule has 98 valence electrons. The van der Waals surface area contributed by atoms with Gasteiger partial charge in [-0.25, -0.2) is 0 Å². The van der Waals surface area contributed by atoms with Gasteiger partial charge in [0.05, 0.1) is 26.9 Å². The molecular weight excluding hydrogens is 232 g/mol. The van der Waals surface area contributed by atoms with E-state index in [1.807, 2.05) is 12.1 Å². The zero-order valence-corrected chi connectivity index (χ0v) is 10.7. The Morgan fingerprint density at radius 3 is 2.28 bits per heavy atom. The lowest BCUT2D eigenvalue weighted by Crippen LogP contribution is -2.04. The molecule has 0 aromatic heterocycles. The van der Waals surface area contributed by atoms with Crippen molar-refractivity contribution in [1.82, 2.24) is 0 Å². The van der Waals surface area contributed by atoms with Gasteiger partial charge in [0.2, 0.25) is 5.75 Å². The number of hydrogen-bond donors (Lipinski definition) is 1. The molecule has 0 spiro atoms. The number of nitrogens with two attached hydrogens (primary N) is 1. The van der Waals surface area contributed by atoms with Crippen molar-refractivity contribution in [1.29, 1.82) is 5.26 Å². The number of benzene rings is 1. The molecule has 0 aliphatic heterocycles. The molecule has 0 saturated heterocycles. The fraction of sp³-hybridized carbons (Fsp3) is 0.462. The molecule has 2 N–H and O–H groups in total. The Hall–Kier alpha value is -1.93. The van der Waals surface area contributed by atoms with Crippen LogP contribution in [0, 0.1) is 11.3 Å². The van der Waals surface area contributed by atoms with E-state index < -0.39 is 0 Å². The van der Waals surface area contributed by atoms with Gasteiger partial charge in [0.15, 0.2) is 11.5 Å². The topological polar surface area (TPSA) is 77.5 Å². The summed E-state index contributed by atoms with van der Waals surface area (Å²) in [6, 6.07) is 5.71. The van der Waals surface area contributed by atoms with E-state index in [0.717, 1.165) is 5.56 Å². The van der Waals surface area contributed by atoms with Crippen molar-refractivity contribution < 1.29 is 14.2 Å². The molecule has 0 aliphatic rings. The SMILES string of the molecule is COc1cc(CN)cc(OC)c1OCCCC#N. The molecule has 5 heteroatoms. The second-order valence-electron chi connectivity index (χ2n) is 3.64. The maximum atomic E-state index is 8.46. The van der Waals surface area contributed by atoms with E-state index in [4.69, 9.17) is 25.2 Å². The second kappa shape index (κ2) is 7.41. The van der Waals surface area contributed by atoms with Crippen LogP contribution >= 0.6 is 0 Å². The summed E-state index contributed by atoms with van der Waals surface area (Å²) in [4.78, 5) is 0. The van der Waals surface area contributed by atoms with Gasteiger partial charge in [-0.3, -0.25) is 0 Å². The standard InChI is InChI=1S/C13H18N2O3/c1-16-11-7-10(9-15)8-12(17-2)13(11)18-6-4-3-5-14/h7-8H,3-4,6,9,15H2,1-2H3. The molecule has 0 heterocycles. The summed E-state index contributed by atoms with van der Waals surface area (Å²) in [6.07, 6.45) is 1.13. The van der Waals surface area contributed by atoms with Gasteiger partial charge in [0.1, 0.15) is 0 Å². The van der Waals surface area contributed by atoms with E-state index in [9.17, 15) is 0 Å². The Bertz CT molecular complexity index is 402. The molecule has 1 rings (SSSR count). The number of nitriles is 1. The second-order valence-corrected chi connectivity index (χ2v) is 3.64. The smallest absolute Gasteiger partial charge is 0.203 e. The van der Waals surface area contributed by atoms with Crippen LogP contribution in [-0.2, 0) is 6.54 Å². The van der Waals surface area contributed by atoms with Crippen LogP contribution in [0.5, 0.6) is 17.2 Å². The average Bonchev–Trinajstić information content (AvgIpc) is 2.42. The third-order valence-corrected chi connectivity index (χ3v) is 2.44. The number of methoxy groups -OCH3 is 2. The fourth-order valence-electron chi connectivity index (χ4n) is 1.52. The van der Waals surface area contributed by atoms with Gasteiger partial charge >= 0.3 is 0 Å². The third kappa shape index (κ3) is 3.54. The lowest BCUT2D eigenvalue weighted by molar-refractivity contribution is 0.271. The van der Waals surface area contributed by atoms with Crippen molar-refractivity contribution in [3.8, 4) is 23.3 Å². The zero-order valence-electron chi connectivity index (χ0n) is 10.7. The van der Waals surface area contributed by atoms with Crippen LogP contribution in [0.3, 0.4) is 0 Å². The van der Waals surface area contributed by atoms with Gasteiger partial charge in [0, 0.05) is 13.0 Å². The largest absolute Gasteiger partial charge is 0.493 e. The molecule has 0 radical (unpaired) electrons. The van der Waals surface area contributed by atoms with E-state index in [0.29, 0.717) is 43.2 Å². The summed E-state index contributed by atoms with van der Waals surface area (Å²) in [5, 5.41) is 8.46. The van der Waals surface area contributed by atoms with E-state index in [1.54, 1.807) is 14.2 Å². The first-order chi connectivity index (χ1) is 8.76. The number of unbranched alkanes of at least 4 members (excludes halogenated alkanes) is 1. The molecule has 1 aromatic carbocycles. The average molecular weight is 250 g/mol. The van der Waals surface area contributed by atoms with Crippen molar-refractivity contribution in [3.63, 3.8) is 0 Å². The first-order valence-electron chi connectivity index (χ1n) is 5.71. The molecule has 1 aromatic rings. The molecule has 5 nitrogen and oxygen atoms in total. The summed E-state index contributed by atoms with van der Waals surface area (Å²) in [6.45, 7) is 0.851. The number of rotatable bonds is 7. The minimum Gasteiger partial charge on any atom is -0.493 e. The van der Waals surface area contributed by atoms with E-state index in [1.165, 1.54) is 0 Å². The first kappa shape index (κ1) is 14.1. The van der Waals surface area contributed by atoms with E-state index in [2.05, 4.69) is 6.07 Å². The van der Waals surface area contributed by atoms with Crippen LogP contribution in [0.4, 0.5) is 0 Å². The summed E-state index contributed by atoms with van der Waals surface area (Å²) in [7, 11) is 3.13. The zero-order chi connectivity index (χ0) is 13.4. The molecule has 0 atom stereocenters. The monoisotopic (exact) mass is 250 g/mol.